The first-order chi connectivity index (χ1) is 19.1. The lowest BCUT2D eigenvalue weighted by molar-refractivity contribution is -0.137. The van der Waals surface area contributed by atoms with Gasteiger partial charge in [0, 0.05) is 17.9 Å². The molecule has 7 atom stereocenters. The van der Waals surface area contributed by atoms with Crippen LogP contribution in [0.5, 0.6) is 0 Å². The number of carbonyl (C=O) groups excluding carboxylic acids is 1. The number of fused-ring (bicyclic) bond motifs is 5. The van der Waals surface area contributed by atoms with Crippen LogP contribution in [0.2, 0.25) is 0 Å². The van der Waals surface area contributed by atoms with Crippen molar-refractivity contribution < 1.29 is 24.6 Å². The van der Waals surface area contributed by atoms with Crippen molar-refractivity contribution in [2.75, 3.05) is 13.2 Å². The molecular formula is C33H42N2O5. The Labute approximate surface area is 237 Å². The summed E-state index contributed by atoms with van der Waals surface area (Å²) in [5.74, 6) is 2.87. The van der Waals surface area contributed by atoms with Crippen molar-refractivity contribution in [1.29, 1.82) is 0 Å². The van der Waals surface area contributed by atoms with Gasteiger partial charge in [-0.2, -0.15) is 0 Å². The SMILES string of the molecule is C#C[C@]1(O)CC[C@@H]2[C@H]3CCC4=C/C(=N/OCC(=O)NC[C@@H](CC(=O)O)c5ccccc5)CC[C@]4(C)[C@@H]3CC[C@]21C. The van der Waals surface area contributed by atoms with E-state index in [1.54, 1.807) is 0 Å². The molecule has 1 aromatic carbocycles. The Balaban J connectivity index is 1.17. The van der Waals surface area contributed by atoms with Gasteiger partial charge in [-0.1, -0.05) is 60.8 Å². The van der Waals surface area contributed by atoms with Crippen LogP contribution >= 0.6 is 0 Å². The molecule has 7 nitrogen and oxygen atoms in total. The molecule has 1 aromatic rings. The van der Waals surface area contributed by atoms with Crippen molar-refractivity contribution in [2.24, 2.45) is 33.7 Å². The quantitative estimate of drug-likeness (QED) is 0.312. The van der Waals surface area contributed by atoms with Gasteiger partial charge in [0.2, 0.25) is 0 Å². The van der Waals surface area contributed by atoms with E-state index < -0.39 is 11.6 Å². The van der Waals surface area contributed by atoms with Crippen LogP contribution in [-0.2, 0) is 14.4 Å². The zero-order chi connectivity index (χ0) is 28.5. The van der Waals surface area contributed by atoms with Crippen LogP contribution in [0.15, 0.2) is 47.1 Å². The molecule has 214 valence electrons. The smallest absolute Gasteiger partial charge is 0.304 e. The summed E-state index contributed by atoms with van der Waals surface area (Å²) < 4.78 is 0. The molecule has 0 radical (unpaired) electrons. The van der Waals surface area contributed by atoms with Crippen molar-refractivity contribution in [3.8, 4) is 12.3 Å². The molecule has 4 aliphatic carbocycles. The zero-order valence-corrected chi connectivity index (χ0v) is 23.7. The molecule has 0 bridgehead atoms. The summed E-state index contributed by atoms with van der Waals surface area (Å²) in [6.07, 6.45) is 15.7. The lowest BCUT2D eigenvalue weighted by Crippen LogP contribution is -2.54. The minimum atomic E-state index is -0.978. The van der Waals surface area contributed by atoms with Crippen LogP contribution in [0.4, 0.5) is 0 Å². The third-order valence-electron chi connectivity index (χ3n) is 11.0. The van der Waals surface area contributed by atoms with Gasteiger partial charge in [-0.05, 0) is 86.2 Å². The predicted molar refractivity (Wildman–Crippen MR) is 153 cm³/mol. The van der Waals surface area contributed by atoms with Crippen LogP contribution in [0, 0.1) is 40.9 Å². The number of allylic oxidation sites excluding steroid dienone is 2. The van der Waals surface area contributed by atoms with Crippen LogP contribution in [0.25, 0.3) is 0 Å². The van der Waals surface area contributed by atoms with E-state index in [0.29, 0.717) is 24.2 Å². The molecule has 4 aliphatic rings. The number of carboxylic acids is 1. The first-order valence-corrected chi connectivity index (χ1v) is 14.7. The number of hydrogen-bond acceptors (Lipinski definition) is 5. The first-order valence-electron chi connectivity index (χ1n) is 14.7. The molecule has 3 N–H and O–H groups in total. The van der Waals surface area contributed by atoms with Gasteiger partial charge in [-0.3, -0.25) is 9.59 Å². The highest BCUT2D eigenvalue weighted by atomic mass is 16.6. The van der Waals surface area contributed by atoms with E-state index in [0.717, 1.165) is 56.2 Å². The minimum absolute atomic E-state index is 0.0631. The molecule has 5 rings (SSSR count). The van der Waals surface area contributed by atoms with Gasteiger partial charge in [0.25, 0.3) is 5.91 Å². The average Bonchev–Trinajstić information content (AvgIpc) is 3.22. The lowest BCUT2D eigenvalue weighted by atomic mass is 9.46. The van der Waals surface area contributed by atoms with Crippen LogP contribution in [-0.4, -0.2) is 46.6 Å². The summed E-state index contributed by atoms with van der Waals surface area (Å²) in [5.41, 5.74) is 2.13. The second-order valence-electron chi connectivity index (χ2n) is 12.9. The Morgan fingerprint density at radius 3 is 2.60 bits per heavy atom. The molecule has 3 saturated carbocycles. The molecule has 40 heavy (non-hydrogen) atoms. The summed E-state index contributed by atoms with van der Waals surface area (Å²) in [4.78, 5) is 29.2. The van der Waals surface area contributed by atoms with Gasteiger partial charge in [0.15, 0.2) is 6.61 Å². The fourth-order valence-electron chi connectivity index (χ4n) is 8.60. The molecule has 1 amide bonds. The average molecular weight is 547 g/mol. The van der Waals surface area contributed by atoms with E-state index in [-0.39, 0.29) is 42.2 Å². The largest absolute Gasteiger partial charge is 0.481 e. The highest BCUT2D eigenvalue weighted by molar-refractivity contribution is 5.96. The molecule has 0 saturated heterocycles. The Bertz CT molecular complexity index is 1230. The third-order valence-corrected chi connectivity index (χ3v) is 11.0. The Hall–Kier alpha value is -3.11. The summed E-state index contributed by atoms with van der Waals surface area (Å²) in [5, 5.41) is 27.6. The van der Waals surface area contributed by atoms with E-state index in [1.807, 2.05) is 30.3 Å². The van der Waals surface area contributed by atoms with Gasteiger partial charge in [0.05, 0.1) is 12.1 Å². The van der Waals surface area contributed by atoms with Crippen molar-refractivity contribution in [1.82, 2.24) is 5.32 Å². The molecule has 0 aliphatic heterocycles. The summed E-state index contributed by atoms with van der Waals surface area (Å²) in [6.45, 7) is 4.65. The van der Waals surface area contributed by atoms with Gasteiger partial charge in [-0.25, -0.2) is 0 Å². The summed E-state index contributed by atoms with van der Waals surface area (Å²) >= 11 is 0. The number of nitrogens with zero attached hydrogens (tertiary/aromatic N) is 1. The first kappa shape index (κ1) is 28.4. The number of carboxylic acid groups (broad SMARTS) is 1. The number of benzene rings is 1. The molecular weight excluding hydrogens is 504 g/mol. The lowest BCUT2D eigenvalue weighted by Gasteiger charge is -2.58. The van der Waals surface area contributed by atoms with Crippen molar-refractivity contribution in [3.63, 3.8) is 0 Å². The highest BCUT2D eigenvalue weighted by Gasteiger charge is 2.63. The van der Waals surface area contributed by atoms with Gasteiger partial charge in [0.1, 0.15) is 5.60 Å². The summed E-state index contributed by atoms with van der Waals surface area (Å²) in [6, 6.07) is 9.34. The number of amides is 1. The normalized spacial score (nSPS) is 36.3. The Kier molecular flexibility index (Phi) is 7.85. The van der Waals surface area contributed by atoms with Crippen LogP contribution in [0.3, 0.4) is 0 Å². The zero-order valence-electron chi connectivity index (χ0n) is 23.7. The number of aliphatic carboxylic acids is 1. The molecule has 0 aromatic heterocycles. The maximum Gasteiger partial charge on any atom is 0.304 e. The number of terminal acetylenes is 1. The maximum atomic E-state index is 12.4. The van der Waals surface area contributed by atoms with Crippen LogP contribution in [0.1, 0.15) is 83.1 Å². The number of hydrogen-bond donors (Lipinski definition) is 3. The van der Waals surface area contributed by atoms with Gasteiger partial charge < -0.3 is 20.4 Å². The topological polar surface area (TPSA) is 108 Å². The second-order valence-corrected chi connectivity index (χ2v) is 12.9. The number of rotatable bonds is 8. The standard InChI is InChI=1S/C33H42N2O5/c1-4-33(39)17-14-28-26-11-10-24-19-25(12-15-31(24,2)27(26)13-16-32(28,33)3)35-40-21-29(36)34-20-23(18-30(37)38)22-8-6-5-7-9-22/h1,5-9,19,23,26-28,39H,10-18,20-21H2,2-3H3,(H,34,36)(H,37,38)/b35-25+/t23-,26+,27-,28-,31+,32-,33+/m1/s1. The Morgan fingerprint density at radius 2 is 1.88 bits per heavy atom. The fraction of sp³-hybridized carbons (Fsp3) is 0.606. The molecule has 7 heteroatoms. The van der Waals surface area contributed by atoms with E-state index in [9.17, 15) is 19.8 Å². The third kappa shape index (κ3) is 5.07. The summed E-state index contributed by atoms with van der Waals surface area (Å²) in [7, 11) is 0. The van der Waals surface area contributed by atoms with Crippen molar-refractivity contribution >= 4 is 17.6 Å². The maximum absolute atomic E-state index is 12.4. The van der Waals surface area contributed by atoms with Gasteiger partial charge >= 0.3 is 5.97 Å². The van der Waals surface area contributed by atoms with E-state index in [2.05, 4.69) is 36.3 Å². The van der Waals surface area contributed by atoms with E-state index in [4.69, 9.17) is 11.3 Å². The van der Waals surface area contributed by atoms with Crippen molar-refractivity contribution in [3.05, 3.63) is 47.5 Å². The number of carbonyl (C=O) groups is 2. The number of oxime groups is 1. The number of aliphatic hydroxyl groups is 1. The highest BCUT2D eigenvalue weighted by Crippen LogP contribution is 2.67. The van der Waals surface area contributed by atoms with Crippen LogP contribution < -0.4 is 5.32 Å². The molecule has 0 unspecified atom stereocenters. The predicted octanol–water partition coefficient (Wildman–Crippen LogP) is 5.06. The monoisotopic (exact) mass is 546 g/mol. The Morgan fingerprint density at radius 1 is 1.12 bits per heavy atom. The molecule has 0 heterocycles. The molecule has 0 spiro atoms. The van der Waals surface area contributed by atoms with Crippen molar-refractivity contribution in [2.45, 2.75) is 83.2 Å². The fourth-order valence-corrected chi connectivity index (χ4v) is 8.60. The number of nitrogens with one attached hydrogen (secondary N) is 1. The molecule has 3 fully saturated rings. The second kappa shape index (κ2) is 11.0. The van der Waals surface area contributed by atoms with E-state index in [1.165, 1.54) is 5.57 Å². The van der Waals surface area contributed by atoms with Gasteiger partial charge in [-0.15, -0.1) is 6.42 Å². The minimum Gasteiger partial charge on any atom is -0.481 e. The van der Waals surface area contributed by atoms with E-state index >= 15 is 0 Å².